The van der Waals surface area contributed by atoms with E-state index in [-0.39, 0.29) is 35.5 Å². The van der Waals surface area contributed by atoms with Crippen molar-refractivity contribution in [2.45, 2.75) is 71.0 Å². The van der Waals surface area contributed by atoms with Crippen LogP contribution in [-0.2, 0) is 26.2 Å². The summed E-state index contributed by atoms with van der Waals surface area (Å²) in [5, 5.41) is 3.94. The number of sulfonamides is 1. The van der Waals surface area contributed by atoms with Gasteiger partial charge in [0.05, 0.1) is 10.6 Å². The first-order chi connectivity index (χ1) is 19.8. The van der Waals surface area contributed by atoms with Crippen molar-refractivity contribution < 1.29 is 18.0 Å². The van der Waals surface area contributed by atoms with Crippen molar-refractivity contribution in [1.29, 1.82) is 0 Å². The summed E-state index contributed by atoms with van der Waals surface area (Å²) in [5.41, 5.74) is 2.31. The lowest BCUT2D eigenvalue weighted by Gasteiger charge is -2.34. The van der Waals surface area contributed by atoms with E-state index in [2.05, 4.69) is 5.32 Å². The number of hydrogen-bond acceptors (Lipinski definition) is 4. The van der Waals surface area contributed by atoms with E-state index in [4.69, 9.17) is 34.8 Å². The van der Waals surface area contributed by atoms with Gasteiger partial charge in [0.25, 0.3) is 10.0 Å². The Morgan fingerprint density at radius 1 is 0.881 bits per heavy atom. The van der Waals surface area contributed by atoms with Crippen molar-refractivity contribution in [1.82, 2.24) is 10.2 Å². The van der Waals surface area contributed by atoms with Crippen molar-refractivity contribution in [3.05, 3.63) is 92.4 Å². The van der Waals surface area contributed by atoms with Crippen LogP contribution in [0.1, 0.15) is 50.3 Å². The Labute approximate surface area is 263 Å². The van der Waals surface area contributed by atoms with E-state index < -0.39 is 28.5 Å². The first kappa shape index (κ1) is 33.7. The number of aryl methyl sites for hydroxylation is 2. The van der Waals surface area contributed by atoms with Crippen molar-refractivity contribution >= 4 is 62.3 Å². The van der Waals surface area contributed by atoms with Gasteiger partial charge in [-0.1, -0.05) is 78.5 Å². The first-order valence-corrected chi connectivity index (χ1v) is 16.3. The zero-order valence-corrected chi connectivity index (χ0v) is 27.4. The van der Waals surface area contributed by atoms with Crippen LogP contribution in [-0.4, -0.2) is 43.8 Å². The van der Waals surface area contributed by atoms with Crippen molar-refractivity contribution in [2.75, 3.05) is 10.8 Å². The van der Waals surface area contributed by atoms with E-state index >= 15 is 0 Å². The van der Waals surface area contributed by atoms with Crippen LogP contribution in [0.4, 0.5) is 5.69 Å². The summed E-state index contributed by atoms with van der Waals surface area (Å²) in [6.07, 6.45) is 0.973. The highest BCUT2D eigenvalue weighted by Gasteiger charge is 2.34. The number of benzene rings is 3. The number of hydrogen-bond donors (Lipinski definition) is 1. The van der Waals surface area contributed by atoms with Crippen molar-refractivity contribution in [3.63, 3.8) is 0 Å². The minimum Gasteiger partial charge on any atom is -0.352 e. The lowest BCUT2D eigenvalue weighted by Crippen LogP contribution is -2.53. The third kappa shape index (κ3) is 7.98. The minimum atomic E-state index is -4.22. The van der Waals surface area contributed by atoms with Gasteiger partial charge in [-0.05, 0) is 75.6 Å². The summed E-state index contributed by atoms with van der Waals surface area (Å²) in [7, 11) is -4.22. The average Bonchev–Trinajstić information content (AvgIpc) is 2.94. The molecule has 0 spiro atoms. The van der Waals surface area contributed by atoms with Crippen LogP contribution in [0, 0.1) is 13.8 Å². The van der Waals surface area contributed by atoms with Gasteiger partial charge in [0.1, 0.15) is 12.6 Å². The molecule has 226 valence electrons. The zero-order chi connectivity index (χ0) is 31.2. The Bertz CT molecular complexity index is 1510. The quantitative estimate of drug-likeness (QED) is 0.225. The van der Waals surface area contributed by atoms with Gasteiger partial charge in [-0.2, -0.15) is 0 Å². The fourth-order valence-electron chi connectivity index (χ4n) is 4.32. The Morgan fingerprint density at radius 2 is 1.50 bits per heavy atom. The fourth-order valence-corrected chi connectivity index (χ4v) is 6.42. The largest absolute Gasteiger partial charge is 0.352 e. The highest BCUT2D eigenvalue weighted by molar-refractivity contribution is 7.92. The van der Waals surface area contributed by atoms with Gasteiger partial charge in [0, 0.05) is 33.2 Å². The molecule has 0 saturated carbocycles. The molecule has 1 N–H and O–H groups in total. The number of halogens is 3. The number of anilines is 1. The summed E-state index contributed by atoms with van der Waals surface area (Å²) in [5.74, 6) is -0.959. The molecule has 2 atom stereocenters. The van der Waals surface area contributed by atoms with Gasteiger partial charge >= 0.3 is 0 Å². The molecule has 2 amide bonds. The Balaban J connectivity index is 2.12. The molecule has 0 aliphatic carbocycles. The molecule has 0 saturated heterocycles. The topological polar surface area (TPSA) is 86.8 Å². The van der Waals surface area contributed by atoms with E-state index in [9.17, 15) is 18.0 Å². The maximum absolute atomic E-state index is 14.2. The van der Waals surface area contributed by atoms with Gasteiger partial charge in [-0.3, -0.25) is 13.9 Å². The maximum atomic E-state index is 14.2. The first-order valence-electron chi connectivity index (χ1n) is 13.7. The molecule has 7 nitrogen and oxygen atoms in total. The molecule has 3 aromatic rings. The maximum Gasteiger partial charge on any atom is 0.264 e. The average molecular weight is 653 g/mol. The van der Waals surface area contributed by atoms with Gasteiger partial charge in [-0.25, -0.2) is 8.42 Å². The number of amides is 2. The fraction of sp³-hybridized carbons (Fsp3) is 0.355. The molecular formula is C31H36Cl3N3O4S. The molecule has 0 bridgehead atoms. The van der Waals surface area contributed by atoms with Crippen LogP contribution >= 0.6 is 34.8 Å². The second-order valence-corrected chi connectivity index (χ2v) is 13.3. The third-order valence-corrected chi connectivity index (χ3v) is 10.0. The lowest BCUT2D eigenvalue weighted by atomic mass is 10.1. The molecular weight excluding hydrogens is 617 g/mol. The van der Waals surface area contributed by atoms with Crippen LogP contribution in [0.25, 0.3) is 0 Å². The van der Waals surface area contributed by atoms with Crippen molar-refractivity contribution in [2.24, 2.45) is 0 Å². The van der Waals surface area contributed by atoms with Crippen molar-refractivity contribution in [3.8, 4) is 0 Å². The monoisotopic (exact) mass is 651 g/mol. The Kier molecular flexibility index (Phi) is 11.7. The second kappa shape index (κ2) is 14.6. The van der Waals surface area contributed by atoms with E-state index in [1.807, 2.05) is 20.8 Å². The second-order valence-electron chi connectivity index (χ2n) is 10.2. The molecule has 0 aliphatic heterocycles. The molecule has 0 heterocycles. The van der Waals surface area contributed by atoms with Gasteiger partial charge < -0.3 is 10.2 Å². The number of carbonyl (C=O) groups is 2. The van der Waals surface area contributed by atoms with E-state index in [0.717, 1.165) is 15.4 Å². The molecule has 0 fully saturated rings. The molecule has 3 rings (SSSR count). The molecule has 2 unspecified atom stereocenters. The molecule has 0 radical (unpaired) electrons. The van der Waals surface area contributed by atoms with E-state index in [1.165, 1.54) is 23.1 Å². The molecule has 11 heteroatoms. The predicted octanol–water partition coefficient (Wildman–Crippen LogP) is 7.18. The minimum absolute atomic E-state index is 0.0138. The normalized spacial score (nSPS) is 12.9. The third-order valence-electron chi connectivity index (χ3n) is 7.11. The summed E-state index contributed by atoms with van der Waals surface area (Å²) >= 11 is 19.3. The van der Waals surface area contributed by atoms with Crippen LogP contribution in [0.15, 0.2) is 65.6 Å². The van der Waals surface area contributed by atoms with Crippen LogP contribution in [0.3, 0.4) is 0 Å². The molecule has 3 aromatic carbocycles. The highest BCUT2D eigenvalue weighted by Crippen LogP contribution is 2.30. The van der Waals surface area contributed by atoms with Crippen LogP contribution in [0.5, 0.6) is 0 Å². The molecule has 42 heavy (non-hydrogen) atoms. The summed E-state index contributed by atoms with van der Waals surface area (Å²) in [6.45, 7) is 8.56. The van der Waals surface area contributed by atoms with Gasteiger partial charge in [-0.15, -0.1) is 0 Å². The SMILES string of the molecule is CCC(C)NC(=O)C(CC)N(Cc1c(Cl)cccc1Cl)C(=O)CN(c1ccc(C)c(Cl)c1)S(=O)(=O)c1ccc(C)cc1. The number of carbonyl (C=O) groups excluding carboxylic acids is 2. The van der Waals surface area contributed by atoms with Crippen LogP contribution < -0.4 is 9.62 Å². The number of rotatable bonds is 12. The standard InChI is InChI=1S/C31H36Cl3N3O4S/c1-6-22(5)35-31(39)29(7-2)36(18-25-26(32)9-8-10-27(25)33)30(38)19-37(23-14-13-21(4)28(34)17-23)42(40,41)24-15-11-20(3)12-16-24/h8-17,22,29H,6-7,18-19H2,1-5H3,(H,35,39). The van der Waals surface area contributed by atoms with Gasteiger partial charge in [0.15, 0.2) is 0 Å². The Morgan fingerprint density at radius 3 is 2.05 bits per heavy atom. The van der Waals surface area contributed by atoms with E-state index in [1.54, 1.807) is 56.3 Å². The zero-order valence-electron chi connectivity index (χ0n) is 24.3. The lowest BCUT2D eigenvalue weighted by molar-refractivity contribution is -0.140. The number of nitrogens with zero attached hydrogens (tertiary/aromatic N) is 2. The van der Waals surface area contributed by atoms with E-state index in [0.29, 0.717) is 27.1 Å². The summed E-state index contributed by atoms with van der Waals surface area (Å²) < 4.78 is 29.0. The number of nitrogens with one attached hydrogen (secondary N) is 1. The van der Waals surface area contributed by atoms with Gasteiger partial charge in [0.2, 0.25) is 11.8 Å². The highest BCUT2D eigenvalue weighted by atomic mass is 35.5. The molecule has 0 aromatic heterocycles. The van der Waals surface area contributed by atoms with Crippen LogP contribution in [0.2, 0.25) is 15.1 Å². The molecule has 0 aliphatic rings. The smallest absolute Gasteiger partial charge is 0.264 e. The summed E-state index contributed by atoms with van der Waals surface area (Å²) in [6, 6.07) is 15.1. The Hall–Kier alpha value is -2.78. The summed E-state index contributed by atoms with van der Waals surface area (Å²) in [4.78, 5) is 29.0. The predicted molar refractivity (Wildman–Crippen MR) is 171 cm³/mol.